The number of nitrogens with one attached hydrogen (secondary N) is 1. The Balaban J connectivity index is 1.99. The molecule has 2 bridgehead atoms. The first kappa shape index (κ1) is 14.1. The van der Waals surface area contributed by atoms with E-state index in [-0.39, 0.29) is 29.7 Å². The molecule has 0 aromatic carbocycles. The highest BCUT2D eigenvalue weighted by atomic mass is 16.4. The summed E-state index contributed by atoms with van der Waals surface area (Å²) in [5.74, 6) is 0.100. The Kier molecular flexibility index (Phi) is 3.70. The van der Waals surface area contributed by atoms with Crippen LogP contribution in [0, 0.1) is 23.2 Å². The van der Waals surface area contributed by atoms with Crippen molar-refractivity contribution in [2.24, 2.45) is 23.2 Å². The quantitative estimate of drug-likeness (QED) is 0.766. The van der Waals surface area contributed by atoms with Gasteiger partial charge in [-0.2, -0.15) is 0 Å². The molecular formula is C15H23NO3. The van der Waals surface area contributed by atoms with E-state index in [2.05, 4.69) is 17.5 Å². The second-order valence-corrected chi connectivity index (χ2v) is 6.91. The molecule has 0 aliphatic heterocycles. The van der Waals surface area contributed by atoms with Crippen LogP contribution in [0.25, 0.3) is 0 Å². The second kappa shape index (κ2) is 4.99. The minimum Gasteiger partial charge on any atom is -0.481 e. The third-order valence-corrected chi connectivity index (χ3v) is 4.36. The summed E-state index contributed by atoms with van der Waals surface area (Å²) in [7, 11) is 0. The number of carboxylic acids is 1. The number of carbonyl (C=O) groups is 2. The van der Waals surface area contributed by atoms with Gasteiger partial charge in [-0.15, -0.1) is 0 Å². The number of hydrogen-bond donors (Lipinski definition) is 2. The van der Waals surface area contributed by atoms with Crippen molar-refractivity contribution in [3.8, 4) is 0 Å². The predicted octanol–water partition coefficient (Wildman–Crippen LogP) is 2.20. The first-order valence-electron chi connectivity index (χ1n) is 6.98. The van der Waals surface area contributed by atoms with Crippen molar-refractivity contribution in [2.75, 3.05) is 0 Å². The fourth-order valence-corrected chi connectivity index (χ4v) is 3.11. The lowest BCUT2D eigenvalue weighted by Crippen LogP contribution is -2.47. The van der Waals surface area contributed by atoms with Crippen molar-refractivity contribution >= 4 is 11.9 Å². The van der Waals surface area contributed by atoms with Crippen LogP contribution in [0.4, 0.5) is 0 Å². The van der Waals surface area contributed by atoms with E-state index < -0.39 is 5.97 Å². The molecule has 2 rings (SSSR count). The maximum absolute atomic E-state index is 12.3. The number of carboxylic acid groups (broad SMARTS) is 1. The van der Waals surface area contributed by atoms with Crippen LogP contribution in [-0.2, 0) is 9.59 Å². The Bertz CT molecular complexity index is 408. The van der Waals surface area contributed by atoms with Crippen molar-refractivity contribution in [3.63, 3.8) is 0 Å². The van der Waals surface area contributed by atoms with Gasteiger partial charge in [-0.3, -0.25) is 9.59 Å². The zero-order valence-electron chi connectivity index (χ0n) is 11.8. The first-order chi connectivity index (χ1) is 8.77. The van der Waals surface area contributed by atoms with Gasteiger partial charge in [0.2, 0.25) is 5.91 Å². The minimum absolute atomic E-state index is 0.0219. The van der Waals surface area contributed by atoms with E-state index in [9.17, 15) is 9.59 Å². The molecule has 4 heteroatoms. The Hall–Kier alpha value is -1.32. The van der Waals surface area contributed by atoms with Gasteiger partial charge in [-0.05, 0) is 30.1 Å². The van der Waals surface area contributed by atoms with Crippen LogP contribution >= 0.6 is 0 Å². The van der Waals surface area contributed by atoms with Crippen LogP contribution in [0.3, 0.4) is 0 Å². The smallest absolute Gasteiger partial charge is 0.305 e. The van der Waals surface area contributed by atoms with Crippen LogP contribution in [0.5, 0.6) is 0 Å². The molecule has 1 saturated carbocycles. The second-order valence-electron chi connectivity index (χ2n) is 6.91. The van der Waals surface area contributed by atoms with E-state index in [1.807, 2.05) is 20.8 Å². The number of allylic oxidation sites excluding steroid dienone is 2. The molecule has 0 heterocycles. The van der Waals surface area contributed by atoms with E-state index in [4.69, 9.17) is 5.11 Å². The molecule has 2 aliphatic carbocycles. The van der Waals surface area contributed by atoms with Gasteiger partial charge in [0.15, 0.2) is 0 Å². The van der Waals surface area contributed by atoms with Gasteiger partial charge in [-0.1, -0.05) is 32.9 Å². The highest BCUT2D eigenvalue weighted by Crippen LogP contribution is 2.43. The molecule has 4 atom stereocenters. The fourth-order valence-electron chi connectivity index (χ4n) is 3.11. The van der Waals surface area contributed by atoms with Crippen molar-refractivity contribution in [3.05, 3.63) is 12.2 Å². The topological polar surface area (TPSA) is 66.4 Å². The summed E-state index contributed by atoms with van der Waals surface area (Å²) in [6.45, 7) is 5.88. The first-order valence-corrected chi connectivity index (χ1v) is 6.98. The molecule has 1 amide bonds. The molecule has 0 saturated heterocycles. The Morgan fingerprint density at radius 3 is 2.42 bits per heavy atom. The molecular weight excluding hydrogens is 242 g/mol. The average molecular weight is 265 g/mol. The zero-order valence-corrected chi connectivity index (χ0v) is 11.8. The van der Waals surface area contributed by atoms with E-state index >= 15 is 0 Å². The van der Waals surface area contributed by atoms with E-state index in [1.165, 1.54) is 0 Å². The Labute approximate surface area is 114 Å². The lowest BCUT2D eigenvalue weighted by Gasteiger charge is -2.32. The molecule has 0 aromatic heterocycles. The molecule has 2 aliphatic rings. The van der Waals surface area contributed by atoms with Crippen molar-refractivity contribution in [1.29, 1.82) is 0 Å². The van der Waals surface area contributed by atoms with E-state index in [1.54, 1.807) is 0 Å². The molecule has 2 N–H and O–H groups in total. The summed E-state index contributed by atoms with van der Waals surface area (Å²) in [5.41, 5.74) is -0.249. The maximum atomic E-state index is 12.3. The van der Waals surface area contributed by atoms with Gasteiger partial charge < -0.3 is 10.4 Å². The van der Waals surface area contributed by atoms with Crippen molar-refractivity contribution < 1.29 is 14.7 Å². The van der Waals surface area contributed by atoms with Crippen LogP contribution in [0.2, 0.25) is 0 Å². The summed E-state index contributed by atoms with van der Waals surface area (Å²) < 4.78 is 0. The fraction of sp³-hybridized carbons (Fsp3) is 0.733. The number of rotatable bonds is 4. The Morgan fingerprint density at radius 1 is 1.32 bits per heavy atom. The molecule has 1 fully saturated rings. The van der Waals surface area contributed by atoms with Gasteiger partial charge in [0.25, 0.3) is 0 Å². The molecule has 4 unspecified atom stereocenters. The third-order valence-electron chi connectivity index (χ3n) is 4.36. The van der Waals surface area contributed by atoms with Gasteiger partial charge in [0, 0.05) is 12.0 Å². The number of carbonyl (C=O) groups excluding carboxylic acids is 1. The van der Waals surface area contributed by atoms with Crippen molar-refractivity contribution in [1.82, 2.24) is 5.32 Å². The van der Waals surface area contributed by atoms with Crippen LogP contribution in [0.1, 0.15) is 40.0 Å². The summed E-state index contributed by atoms with van der Waals surface area (Å²) in [4.78, 5) is 23.3. The summed E-state index contributed by atoms with van der Waals surface area (Å²) in [6, 6.07) is -0.319. The van der Waals surface area contributed by atoms with E-state index in [0.29, 0.717) is 11.8 Å². The molecule has 4 nitrogen and oxygen atoms in total. The summed E-state index contributed by atoms with van der Waals surface area (Å²) in [5, 5.41) is 11.9. The van der Waals surface area contributed by atoms with Crippen LogP contribution in [-0.4, -0.2) is 23.0 Å². The van der Waals surface area contributed by atoms with Crippen molar-refractivity contribution in [2.45, 2.75) is 46.1 Å². The average Bonchev–Trinajstić information content (AvgIpc) is 2.87. The van der Waals surface area contributed by atoms with E-state index in [0.717, 1.165) is 12.8 Å². The minimum atomic E-state index is -0.868. The Morgan fingerprint density at radius 2 is 2.00 bits per heavy atom. The van der Waals surface area contributed by atoms with Crippen LogP contribution < -0.4 is 5.32 Å². The van der Waals surface area contributed by atoms with Gasteiger partial charge in [0.05, 0.1) is 6.42 Å². The van der Waals surface area contributed by atoms with Gasteiger partial charge >= 0.3 is 5.97 Å². The summed E-state index contributed by atoms with van der Waals surface area (Å²) in [6.07, 6.45) is 6.31. The number of hydrogen-bond acceptors (Lipinski definition) is 2. The molecule has 0 aromatic rings. The number of aliphatic carboxylic acids is 1. The SMILES string of the molecule is CC(C)(C)C(CC(=O)O)NC(=O)C1CC2C=CC1C2. The maximum Gasteiger partial charge on any atom is 0.305 e. The predicted molar refractivity (Wildman–Crippen MR) is 72.5 cm³/mol. The summed E-state index contributed by atoms with van der Waals surface area (Å²) >= 11 is 0. The lowest BCUT2D eigenvalue weighted by atomic mass is 9.83. The number of fused-ring (bicyclic) bond motifs is 2. The zero-order chi connectivity index (χ0) is 14.2. The van der Waals surface area contributed by atoms with Gasteiger partial charge in [-0.25, -0.2) is 0 Å². The monoisotopic (exact) mass is 265 g/mol. The molecule has 0 radical (unpaired) electrons. The third kappa shape index (κ3) is 3.17. The highest BCUT2D eigenvalue weighted by molar-refractivity contribution is 5.81. The van der Waals surface area contributed by atoms with Crippen LogP contribution in [0.15, 0.2) is 12.2 Å². The molecule has 0 spiro atoms. The van der Waals surface area contributed by atoms with Gasteiger partial charge in [0.1, 0.15) is 0 Å². The largest absolute Gasteiger partial charge is 0.481 e. The molecule has 106 valence electrons. The standard InChI is InChI=1S/C15H23NO3/c1-15(2,3)12(8-13(17)18)16-14(19)11-7-9-4-5-10(11)6-9/h4-5,9-12H,6-8H2,1-3H3,(H,16,19)(H,17,18). The number of amides is 1. The normalized spacial score (nSPS) is 30.4. The highest BCUT2D eigenvalue weighted by Gasteiger charge is 2.41. The lowest BCUT2D eigenvalue weighted by molar-refractivity contribution is -0.138. The molecule has 19 heavy (non-hydrogen) atoms.